The molecule has 2 aromatic heterocycles. The lowest BCUT2D eigenvalue weighted by Crippen LogP contribution is -1.88. The van der Waals surface area contributed by atoms with Gasteiger partial charge in [0.1, 0.15) is 0 Å². The predicted octanol–water partition coefficient (Wildman–Crippen LogP) is 12.3. The van der Waals surface area contributed by atoms with Crippen molar-refractivity contribution in [2.75, 3.05) is 0 Å². The second-order valence-corrected chi connectivity index (χ2v) is 12.3. The lowest BCUT2D eigenvalue weighted by atomic mass is 9.89. The largest absolute Gasteiger partial charge is 0.264 e. The summed E-state index contributed by atoms with van der Waals surface area (Å²) >= 11 is 0. The van der Waals surface area contributed by atoms with Gasteiger partial charge in [-0.1, -0.05) is 109 Å². The molecular weight excluding hydrogens is 581 g/mol. The van der Waals surface area contributed by atoms with Crippen LogP contribution in [0.4, 0.5) is 0 Å². The van der Waals surface area contributed by atoms with E-state index in [2.05, 4.69) is 156 Å². The Kier molecular flexibility index (Phi) is 6.84. The SMILES string of the molecule is c1ccc(-c2ccc3c4ccc(-c5cccc(-c6cc(-c7cccnc7)cc(-c7cccnc7)c6)c5)cc4c4ccccc4c3c2)cc1. The fourth-order valence-electron chi connectivity index (χ4n) is 7.02. The third-order valence-corrected chi connectivity index (χ3v) is 9.40. The van der Waals surface area contributed by atoms with Crippen molar-refractivity contribution in [1.82, 2.24) is 9.97 Å². The maximum Gasteiger partial charge on any atom is 0.0346 e. The first-order valence-electron chi connectivity index (χ1n) is 16.3. The molecule has 0 radical (unpaired) electrons. The molecule has 2 nitrogen and oxygen atoms in total. The second kappa shape index (κ2) is 11.8. The fraction of sp³-hybridized carbons (Fsp3) is 0. The van der Waals surface area contributed by atoms with Crippen molar-refractivity contribution in [3.05, 3.63) is 183 Å². The Balaban J connectivity index is 1.18. The molecule has 0 saturated heterocycles. The van der Waals surface area contributed by atoms with Crippen LogP contribution in [0.2, 0.25) is 0 Å². The molecule has 2 heterocycles. The highest BCUT2D eigenvalue weighted by atomic mass is 14.6. The van der Waals surface area contributed by atoms with E-state index in [0.29, 0.717) is 0 Å². The third kappa shape index (κ3) is 5.01. The Morgan fingerprint density at radius 1 is 0.229 bits per heavy atom. The van der Waals surface area contributed by atoms with E-state index < -0.39 is 0 Å². The zero-order chi connectivity index (χ0) is 31.9. The van der Waals surface area contributed by atoms with E-state index in [1.807, 2.05) is 36.9 Å². The summed E-state index contributed by atoms with van der Waals surface area (Å²) in [6.45, 7) is 0. The number of hydrogen-bond donors (Lipinski definition) is 0. The zero-order valence-electron chi connectivity index (χ0n) is 26.2. The van der Waals surface area contributed by atoms with Crippen molar-refractivity contribution >= 4 is 32.3 Å². The molecule has 0 unspecified atom stereocenters. The molecule has 2 heteroatoms. The van der Waals surface area contributed by atoms with Crippen molar-refractivity contribution in [2.24, 2.45) is 0 Å². The van der Waals surface area contributed by atoms with Crippen LogP contribution in [0.5, 0.6) is 0 Å². The lowest BCUT2D eigenvalue weighted by Gasteiger charge is -2.14. The topological polar surface area (TPSA) is 25.8 Å². The average Bonchev–Trinajstić information content (AvgIpc) is 3.18. The van der Waals surface area contributed by atoms with E-state index in [1.165, 1.54) is 60.1 Å². The Morgan fingerprint density at radius 2 is 0.625 bits per heavy atom. The van der Waals surface area contributed by atoms with Crippen LogP contribution in [-0.4, -0.2) is 9.97 Å². The van der Waals surface area contributed by atoms with Gasteiger partial charge in [-0.05, 0) is 125 Å². The van der Waals surface area contributed by atoms with Crippen molar-refractivity contribution in [1.29, 1.82) is 0 Å². The molecule has 48 heavy (non-hydrogen) atoms. The van der Waals surface area contributed by atoms with Crippen LogP contribution in [0, 0.1) is 0 Å². The number of pyridine rings is 2. The fourth-order valence-corrected chi connectivity index (χ4v) is 7.02. The Labute approximate surface area is 279 Å². The third-order valence-electron chi connectivity index (χ3n) is 9.40. The first-order chi connectivity index (χ1) is 23.8. The highest BCUT2D eigenvalue weighted by Gasteiger charge is 2.13. The van der Waals surface area contributed by atoms with Crippen molar-refractivity contribution in [3.8, 4) is 55.6 Å². The van der Waals surface area contributed by atoms with E-state index >= 15 is 0 Å². The number of aromatic nitrogens is 2. The molecule has 9 aromatic rings. The summed E-state index contributed by atoms with van der Waals surface area (Å²) in [5.41, 5.74) is 11.6. The smallest absolute Gasteiger partial charge is 0.0346 e. The minimum absolute atomic E-state index is 1.09. The van der Waals surface area contributed by atoms with E-state index in [1.54, 1.807) is 0 Å². The zero-order valence-corrected chi connectivity index (χ0v) is 26.2. The number of fused-ring (bicyclic) bond motifs is 6. The summed E-state index contributed by atoms with van der Waals surface area (Å²) in [5.74, 6) is 0. The van der Waals surface area contributed by atoms with Crippen LogP contribution >= 0.6 is 0 Å². The molecule has 0 N–H and O–H groups in total. The van der Waals surface area contributed by atoms with Crippen LogP contribution in [0.15, 0.2) is 183 Å². The van der Waals surface area contributed by atoms with Gasteiger partial charge in [-0.25, -0.2) is 0 Å². The molecule has 0 spiro atoms. The summed E-state index contributed by atoms with van der Waals surface area (Å²) in [6, 6.07) is 57.1. The monoisotopic (exact) mass is 610 g/mol. The molecule has 0 aliphatic carbocycles. The van der Waals surface area contributed by atoms with Gasteiger partial charge in [0.15, 0.2) is 0 Å². The van der Waals surface area contributed by atoms with Gasteiger partial charge in [-0.15, -0.1) is 0 Å². The van der Waals surface area contributed by atoms with Gasteiger partial charge in [0.05, 0.1) is 0 Å². The molecule has 0 fully saturated rings. The van der Waals surface area contributed by atoms with Gasteiger partial charge in [0.2, 0.25) is 0 Å². The van der Waals surface area contributed by atoms with Gasteiger partial charge < -0.3 is 0 Å². The minimum Gasteiger partial charge on any atom is -0.264 e. The number of rotatable bonds is 5. The lowest BCUT2D eigenvalue weighted by molar-refractivity contribution is 1.32. The highest BCUT2D eigenvalue weighted by Crippen LogP contribution is 2.40. The van der Waals surface area contributed by atoms with E-state index in [-0.39, 0.29) is 0 Å². The van der Waals surface area contributed by atoms with Crippen LogP contribution in [0.3, 0.4) is 0 Å². The van der Waals surface area contributed by atoms with Gasteiger partial charge in [0, 0.05) is 35.9 Å². The number of benzene rings is 7. The average molecular weight is 611 g/mol. The quantitative estimate of drug-likeness (QED) is 0.181. The number of nitrogens with zero attached hydrogens (tertiary/aromatic N) is 2. The molecule has 0 bridgehead atoms. The van der Waals surface area contributed by atoms with Crippen molar-refractivity contribution in [2.45, 2.75) is 0 Å². The summed E-state index contributed by atoms with van der Waals surface area (Å²) in [7, 11) is 0. The maximum absolute atomic E-state index is 4.39. The van der Waals surface area contributed by atoms with E-state index in [9.17, 15) is 0 Å². The highest BCUT2D eigenvalue weighted by molar-refractivity contribution is 6.26. The summed E-state index contributed by atoms with van der Waals surface area (Å²) in [4.78, 5) is 8.78. The molecule has 7 aromatic carbocycles. The molecular formula is C46H30N2. The molecule has 0 amide bonds. The second-order valence-electron chi connectivity index (χ2n) is 12.3. The van der Waals surface area contributed by atoms with Gasteiger partial charge in [0.25, 0.3) is 0 Å². The Morgan fingerprint density at radius 3 is 1.17 bits per heavy atom. The summed E-state index contributed by atoms with van der Waals surface area (Å²) in [6.07, 6.45) is 7.48. The Hall–Kier alpha value is -6.38. The predicted molar refractivity (Wildman–Crippen MR) is 202 cm³/mol. The van der Waals surface area contributed by atoms with Crippen LogP contribution in [0.25, 0.3) is 88.0 Å². The molecule has 224 valence electrons. The van der Waals surface area contributed by atoms with Crippen molar-refractivity contribution < 1.29 is 0 Å². The first-order valence-corrected chi connectivity index (χ1v) is 16.3. The first kappa shape index (κ1) is 27.9. The van der Waals surface area contributed by atoms with Gasteiger partial charge in [-0.3, -0.25) is 9.97 Å². The normalized spacial score (nSPS) is 11.3. The summed E-state index contributed by atoms with van der Waals surface area (Å²) < 4.78 is 0. The Bertz CT molecular complexity index is 2510. The molecule has 0 atom stereocenters. The van der Waals surface area contributed by atoms with E-state index in [4.69, 9.17) is 0 Å². The van der Waals surface area contributed by atoms with Crippen molar-refractivity contribution in [3.63, 3.8) is 0 Å². The summed E-state index contributed by atoms with van der Waals surface area (Å²) in [5, 5.41) is 7.65. The standard InChI is InChI=1S/C46H30N2/c1-2-9-31(10-3-1)34-17-19-43-44-20-18-35(28-46(44)42-16-5-4-15-41(42)45(43)27-34)32-11-6-12-33(23-32)38-24-39(36-13-7-21-47-29-36)26-40(25-38)37-14-8-22-48-30-37/h1-30H. The molecule has 0 aliphatic heterocycles. The van der Waals surface area contributed by atoms with E-state index in [0.717, 1.165) is 27.8 Å². The molecule has 9 rings (SSSR count). The molecule has 0 saturated carbocycles. The molecule has 0 aliphatic rings. The van der Waals surface area contributed by atoms with Crippen LogP contribution in [0.1, 0.15) is 0 Å². The van der Waals surface area contributed by atoms with Crippen LogP contribution < -0.4 is 0 Å². The number of hydrogen-bond acceptors (Lipinski definition) is 2. The minimum atomic E-state index is 1.09. The van der Waals surface area contributed by atoms with Crippen LogP contribution in [-0.2, 0) is 0 Å². The van der Waals surface area contributed by atoms with Gasteiger partial charge in [-0.2, -0.15) is 0 Å². The maximum atomic E-state index is 4.39. The van der Waals surface area contributed by atoms with Gasteiger partial charge >= 0.3 is 0 Å².